The highest BCUT2D eigenvalue weighted by atomic mass is 35.5. The number of nitrogens with two attached hydrogens (primary N) is 1. The third-order valence-electron chi connectivity index (χ3n) is 2.77. The molecule has 2 aromatic rings. The number of carbonyl (C=O) groups excluding carboxylic acids is 1. The Kier molecular flexibility index (Phi) is 4.90. The molecule has 0 spiro atoms. The molecule has 0 radical (unpaired) electrons. The van der Waals surface area contributed by atoms with E-state index in [2.05, 4.69) is 5.32 Å². The number of rotatable bonds is 6. The van der Waals surface area contributed by atoms with E-state index in [9.17, 15) is 9.90 Å². The van der Waals surface area contributed by atoms with E-state index in [-0.39, 0.29) is 12.4 Å². The molecular formula is C15H15ClN2O3. The number of anilines is 1. The summed E-state index contributed by atoms with van der Waals surface area (Å²) in [5.74, 6) is 0.0686. The lowest BCUT2D eigenvalue weighted by atomic mass is 10.2. The minimum absolute atomic E-state index is 0.0628. The van der Waals surface area contributed by atoms with Gasteiger partial charge in [-0.05, 0) is 18.2 Å². The van der Waals surface area contributed by atoms with E-state index in [4.69, 9.17) is 22.1 Å². The van der Waals surface area contributed by atoms with Crippen LogP contribution < -0.4 is 15.8 Å². The van der Waals surface area contributed by atoms with Crippen LogP contribution in [0.15, 0.2) is 42.5 Å². The molecule has 0 unspecified atom stereocenters. The van der Waals surface area contributed by atoms with E-state index in [0.29, 0.717) is 22.9 Å². The summed E-state index contributed by atoms with van der Waals surface area (Å²) in [5, 5.41) is 13.3. The van der Waals surface area contributed by atoms with Crippen LogP contribution in [0, 0.1) is 0 Å². The van der Waals surface area contributed by atoms with Gasteiger partial charge in [0, 0.05) is 23.9 Å². The molecule has 2 rings (SSSR count). The van der Waals surface area contributed by atoms with Crippen LogP contribution >= 0.6 is 11.6 Å². The summed E-state index contributed by atoms with van der Waals surface area (Å²) < 4.78 is 5.22. The Balaban J connectivity index is 2.01. The quantitative estimate of drug-likeness (QED) is 0.765. The van der Waals surface area contributed by atoms with Gasteiger partial charge in [-0.2, -0.15) is 0 Å². The normalized spacial score (nSPS) is 10.1. The van der Waals surface area contributed by atoms with Crippen molar-refractivity contribution < 1.29 is 14.6 Å². The molecule has 0 fully saturated rings. The highest BCUT2D eigenvalue weighted by Crippen LogP contribution is 2.27. The van der Waals surface area contributed by atoms with Gasteiger partial charge in [-0.3, -0.25) is 4.79 Å². The minimum atomic E-state index is -0.530. The average Bonchev–Trinajstić information content (AvgIpc) is 2.47. The fourth-order valence-electron chi connectivity index (χ4n) is 1.75. The van der Waals surface area contributed by atoms with Crippen molar-refractivity contribution in [2.75, 3.05) is 11.9 Å². The predicted octanol–water partition coefficient (Wildman–Crippen LogP) is 2.52. The molecule has 0 aliphatic heterocycles. The summed E-state index contributed by atoms with van der Waals surface area (Å²) in [5.41, 5.74) is 6.50. The van der Waals surface area contributed by atoms with Gasteiger partial charge in [-0.15, -0.1) is 0 Å². The van der Waals surface area contributed by atoms with E-state index in [1.807, 2.05) is 6.07 Å². The van der Waals surface area contributed by atoms with Gasteiger partial charge < -0.3 is 20.9 Å². The Labute approximate surface area is 127 Å². The van der Waals surface area contributed by atoms with Crippen LogP contribution in [0.25, 0.3) is 0 Å². The van der Waals surface area contributed by atoms with E-state index < -0.39 is 5.91 Å². The number of phenolic OH excluding ortho intramolecular Hbond substituents is 1. The number of aromatic hydroxyl groups is 1. The van der Waals surface area contributed by atoms with Crippen molar-refractivity contribution in [3.63, 3.8) is 0 Å². The van der Waals surface area contributed by atoms with Crippen molar-refractivity contribution in [2.45, 2.75) is 6.54 Å². The number of hydrogen-bond acceptors (Lipinski definition) is 4. The number of ether oxygens (including phenoxy) is 1. The summed E-state index contributed by atoms with van der Waals surface area (Å²) in [4.78, 5) is 10.7. The minimum Gasteiger partial charge on any atom is -0.506 e. The zero-order valence-electron chi connectivity index (χ0n) is 11.2. The Morgan fingerprint density at radius 3 is 2.81 bits per heavy atom. The lowest BCUT2D eigenvalue weighted by Gasteiger charge is -2.10. The summed E-state index contributed by atoms with van der Waals surface area (Å²) in [6.45, 7) is 0.240. The number of benzene rings is 2. The average molecular weight is 307 g/mol. The molecule has 110 valence electrons. The van der Waals surface area contributed by atoms with Crippen molar-refractivity contribution >= 4 is 23.2 Å². The highest BCUT2D eigenvalue weighted by molar-refractivity contribution is 6.32. The van der Waals surface area contributed by atoms with E-state index in [0.717, 1.165) is 5.69 Å². The molecule has 0 saturated carbocycles. The van der Waals surface area contributed by atoms with Gasteiger partial charge in [0.05, 0.1) is 5.02 Å². The fourth-order valence-corrected chi connectivity index (χ4v) is 1.94. The van der Waals surface area contributed by atoms with Crippen LogP contribution in [-0.2, 0) is 11.3 Å². The van der Waals surface area contributed by atoms with Crippen molar-refractivity contribution in [3.8, 4) is 11.5 Å². The largest absolute Gasteiger partial charge is 0.506 e. The number of primary amides is 1. The molecule has 0 aliphatic carbocycles. The first-order valence-corrected chi connectivity index (χ1v) is 6.65. The van der Waals surface area contributed by atoms with Crippen LogP contribution in [0.3, 0.4) is 0 Å². The fraction of sp³-hybridized carbons (Fsp3) is 0.133. The summed E-state index contributed by atoms with van der Waals surface area (Å²) >= 11 is 5.85. The summed E-state index contributed by atoms with van der Waals surface area (Å²) in [7, 11) is 0. The number of hydrogen-bond donors (Lipinski definition) is 3. The maximum atomic E-state index is 10.7. The second kappa shape index (κ2) is 6.85. The van der Waals surface area contributed by atoms with Crippen LogP contribution in [0.4, 0.5) is 5.69 Å². The number of halogens is 1. The number of amides is 1. The van der Waals surface area contributed by atoms with Gasteiger partial charge in [0.1, 0.15) is 11.5 Å². The number of phenols is 1. The molecule has 2 aromatic carbocycles. The first kappa shape index (κ1) is 15.0. The number of para-hydroxylation sites is 1. The van der Waals surface area contributed by atoms with Crippen molar-refractivity contribution in [1.29, 1.82) is 0 Å². The van der Waals surface area contributed by atoms with Crippen molar-refractivity contribution in [3.05, 3.63) is 53.1 Å². The zero-order valence-corrected chi connectivity index (χ0v) is 11.9. The van der Waals surface area contributed by atoms with Crippen LogP contribution in [0.1, 0.15) is 5.56 Å². The third kappa shape index (κ3) is 4.29. The van der Waals surface area contributed by atoms with Gasteiger partial charge in [0.25, 0.3) is 5.91 Å². The van der Waals surface area contributed by atoms with Crippen molar-refractivity contribution in [2.24, 2.45) is 5.73 Å². The molecule has 0 aromatic heterocycles. The van der Waals surface area contributed by atoms with Gasteiger partial charge in [-0.1, -0.05) is 29.8 Å². The Morgan fingerprint density at radius 1 is 1.29 bits per heavy atom. The topological polar surface area (TPSA) is 84.6 Å². The third-order valence-corrected chi connectivity index (χ3v) is 3.07. The number of carbonyl (C=O) groups is 1. The highest BCUT2D eigenvalue weighted by Gasteiger charge is 2.05. The Hall–Kier alpha value is -2.40. The molecule has 5 nitrogen and oxygen atoms in total. The standard InChI is InChI=1S/C15H15ClN2O3/c16-13-6-1-3-10(15(13)20)8-18-11-4-2-5-12(7-11)21-9-14(17)19/h1-7,18,20H,8-9H2,(H2,17,19). The summed E-state index contributed by atoms with van der Waals surface area (Å²) in [6.07, 6.45) is 0. The monoisotopic (exact) mass is 306 g/mol. The molecule has 0 heterocycles. The molecule has 1 amide bonds. The lowest BCUT2D eigenvalue weighted by molar-refractivity contribution is -0.119. The van der Waals surface area contributed by atoms with Crippen molar-refractivity contribution in [1.82, 2.24) is 0 Å². The molecule has 6 heteroatoms. The van der Waals surface area contributed by atoms with Crippen LogP contribution in [0.2, 0.25) is 5.02 Å². The summed E-state index contributed by atoms with van der Waals surface area (Å²) in [6, 6.07) is 12.3. The van der Waals surface area contributed by atoms with Crippen LogP contribution in [0.5, 0.6) is 11.5 Å². The maximum absolute atomic E-state index is 10.7. The van der Waals surface area contributed by atoms with Gasteiger partial charge >= 0.3 is 0 Å². The molecule has 0 atom stereocenters. The SMILES string of the molecule is NC(=O)COc1cccc(NCc2cccc(Cl)c2O)c1. The first-order chi connectivity index (χ1) is 10.1. The first-order valence-electron chi connectivity index (χ1n) is 6.27. The lowest BCUT2D eigenvalue weighted by Crippen LogP contribution is -2.20. The zero-order chi connectivity index (χ0) is 15.2. The predicted molar refractivity (Wildman–Crippen MR) is 81.6 cm³/mol. The van der Waals surface area contributed by atoms with Gasteiger partial charge in [0.15, 0.2) is 6.61 Å². The van der Waals surface area contributed by atoms with Gasteiger partial charge in [0.2, 0.25) is 0 Å². The Morgan fingerprint density at radius 2 is 2.05 bits per heavy atom. The smallest absolute Gasteiger partial charge is 0.255 e. The molecule has 0 aliphatic rings. The Bertz CT molecular complexity index is 647. The van der Waals surface area contributed by atoms with Crippen LogP contribution in [-0.4, -0.2) is 17.6 Å². The molecule has 0 bridgehead atoms. The molecule has 0 saturated heterocycles. The second-order valence-electron chi connectivity index (χ2n) is 4.38. The van der Waals surface area contributed by atoms with E-state index in [1.165, 1.54) is 0 Å². The van der Waals surface area contributed by atoms with E-state index in [1.54, 1.807) is 36.4 Å². The molecule has 4 N–H and O–H groups in total. The van der Waals surface area contributed by atoms with Gasteiger partial charge in [-0.25, -0.2) is 0 Å². The van der Waals surface area contributed by atoms with E-state index >= 15 is 0 Å². The number of nitrogens with one attached hydrogen (secondary N) is 1. The second-order valence-corrected chi connectivity index (χ2v) is 4.79. The molecular weight excluding hydrogens is 292 g/mol. The maximum Gasteiger partial charge on any atom is 0.255 e. The molecule has 21 heavy (non-hydrogen) atoms.